The molecule has 1 aromatic carbocycles. The van der Waals surface area contributed by atoms with Crippen molar-refractivity contribution in [3.8, 4) is 17.2 Å². The summed E-state index contributed by atoms with van der Waals surface area (Å²) in [7, 11) is 1.67. The highest BCUT2D eigenvalue weighted by atomic mass is 16.5. The van der Waals surface area contributed by atoms with E-state index >= 15 is 0 Å². The molecule has 0 N–H and O–H groups in total. The van der Waals surface area contributed by atoms with E-state index in [0.717, 1.165) is 11.3 Å². The quantitative estimate of drug-likeness (QED) is 0.789. The molecule has 0 saturated heterocycles. The van der Waals surface area contributed by atoms with E-state index in [4.69, 9.17) is 9.15 Å². The van der Waals surface area contributed by atoms with Crippen molar-refractivity contribution in [3.63, 3.8) is 0 Å². The van der Waals surface area contributed by atoms with E-state index in [1.165, 1.54) is 5.56 Å². The highest BCUT2D eigenvalue weighted by Crippen LogP contribution is 2.35. The van der Waals surface area contributed by atoms with E-state index in [0.29, 0.717) is 11.8 Å². The molecule has 0 amide bonds. The number of nitrogens with zero attached hydrogens (tertiary/aromatic N) is 1. The summed E-state index contributed by atoms with van der Waals surface area (Å²) in [5, 5.41) is 0. The van der Waals surface area contributed by atoms with Crippen molar-refractivity contribution in [1.29, 1.82) is 0 Å². The first kappa shape index (κ1) is 10.7. The molecule has 16 heavy (non-hydrogen) atoms. The number of hydrogen-bond donors (Lipinski definition) is 0. The second-order valence-electron chi connectivity index (χ2n) is 3.92. The summed E-state index contributed by atoms with van der Waals surface area (Å²) in [4.78, 5) is 4.15. The lowest BCUT2D eigenvalue weighted by Crippen LogP contribution is -1.96. The number of methoxy groups -OCH3 is 1. The molecule has 3 nitrogen and oxygen atoms in total. The number of benzene rings is 1. The highest BCUT2D eigenvalue weighted by Gasteiger charge is 2.15. The summed E-state index contributed by atoms with van der Waals surface area (Å²) in [6.07, 6.45) is 3.20. The minimum atomic E-state index is 0.407. The third kappa shape index (κ3) is 1.81. The first-order chi connectivity index (χ1) is 7.74. The number of hydrogen-bond acceptors (Lipinski definition) is 3. The Hall–Kier alpha value is -1.77. The molecule has 0 radical (unpaired) electrons. The third-order valence-corrected chi connectivity index (χ3v) is 2.53. The zero-order valence-corrected chi connectivity index (χ0v) is 9.73. The Morgan fingerprint density at radius 1 is 1.31 bits per heavy atom. The summed E-state index contributed by atoms with van der Waals surface area (Å²) < 4.78 is 10.8. The molecule has 1 heterocycles. The Morgan fingerprint density at radius 2 is 2.12 bits per heavy atom. The molecule has 2 rings (SSSR count). The maximum Gasteiger partial charge on any atom is 0.229 e. The SMILES string of the molecule is COc1c(-c2ncco2)cccc1C(C)C. The number of rotatable bonds is 3. The van der Waals surface area contributed by atoms with Crippen molar-refractivity contribution >= 4 is 0 Å². The van der Waals surface area contributed by atoms with Gasteiger partial charge in [0.1, 0.15) is 12.0 Å². The first-order valence-corrected chi connectivity index (χ1v) is 5.30. The number of oxazole rings is 1. The van der Waals surface area contributed by atoms with Gasteiger partial charge in [-0.15, -0.1) is 0 Å². The van der Waals surface area contributed by atoms with Gasteiger partial charge in [-0.2, -0.15) is 0 Å². The molecule has 84 valence electrons. The number of ether oxygens (including phenoxy) is 1. The summed E-state index contributed by atoms with van der Waals surface area (Å²) in [5.41, 5.74) is 2.07. The standard InChI is InChI=1S/C13H15NO2/c1-9(2)10-5-4-6-11(12(10)15-3)13-14-7-8-16-13/h4-9H,1-3H3. The molecule has 1 aromatic heterocycles. The van der Waals surface area contributed by atoms with Gasteiger partial charge in [0.25, 0.3) is 0 Å². The summed E-state index contributed by atoms with van der Waals surface area (Å²) in [6.45, 7) is 4.27. The van der Waals surface area contributed by atoms with Crippen molar-refractivity contribution in [2.45, 2.75) is 19.8 Å². The van der Waals surface area contributed by atoms with Crippen LogP contribution in [0.2, 0.25) is 0 Å². The van der Waals surface area contributed by atoms with Crippen molar-refractivity contribution in [3.05, 3.63) is 36.2 Å². The molecular formula is C13H15NO2. The lowest BCUT2D eigenvalue weighted by molar-refractivity contribution is 0.407. The van der Waals surface area contributed by atoms with Gasteiger partial charge in [-0.25, -0.2) is 4.98 Å². The zero-order valence-electron chi connectivity index (χ0n) is 9.73. The Labute approximate surface area is 95.1 Å². The Kier molecular flexibility index (Phi) is 2.95. The van der Waals surface area contributed by atoms with Gasteiger partial charge in [-0.1, -0.05) is 26.0 Å². The van der Waals surface area contributed by atoms with Crippen LogP contribution < -0.4 is 4.74 Å². The van der Waals surface area contributed by atoms with E-state index < -0.39 is 0 Å². The van der Waals surface area contributed by atoms with Gasteiger partial charge in [0, 0.05) is 0 Å². The summed E-state index contributed by atoms with van der Waals surface area (Å²) in [6, 6.07) is 6.02. The van der Waals surface area contributed by atoms with Crippen LogP contribution in [0.15, 0.2) is 35.1 Å². The molecule has 0 aliphatic carbocycles. The van der Waals surface area contributed by atoms with Crippen molar-refractivity contribution in [1.82, 2.24) is 4.98 Å². The van der Waals surface area contributed by atoms with Crippen LogP contribution in [0, 0.1) is 0 Å². The van der Waals surface area contributed by atoms with Gasteiger partial charge in [0.2, 0.25) is 5.89 Å². The molecule has 0 unspecified atom stereocenters. The zero-order chi connectivity index (χ0) is 11.5. The predicted octanol–water partition coefficient (Wildman–Crippen LogP) is 3.47. The molecular weight excluding hydrogens is 202 g/mol. The van der Waals surface area contributed by atoms with Gasteiger partial charge >= 0.3 is 0 Å². The van der Waals surface area contributed by atoms with Crippen LogP contribution in [0.1, 0.15) is 25.3 Å². The molecule has 3 heteroatoms. The molecule has 0 aliphatic heterocycles. The van der Waals surface area contributed by atoms with Crippen LogP contribution in [-0.4, -0.2) is 12.1 Å². The smallest absolute Gasteiger partial charge is 0.229 e. The first-order valence-electron chi connectivity index (χ1n) is 5.30. The summed E-state index contributed by atoms with van der Waals surface area (Å²) in [5.74, 6) is 1.85. The fourth-order valence-corrected chi connectivity index (χ4v) is 1.76. The molecule has 0 saturated carbocycles. The second-order valence-corrected chi connectivity index (χ2v) is 3.92. The molecule has 2 aromatic rings. The topological polar surface area (TPSA) is 35.3 Å². The lowest BCUT2D eigenvalue weighted by Gasteiger charge is -2.14. The van der Waals surface area contributed by atoms with Crippen LogP contribution in [0.5, 0.6) is 5.75 Å². The minimum absolute atomic E-state index is 0.407. The van der Waals surface area contributed by atoms with E-state index in [1.54, 1.807) is 19.6 Å². The van der Waals surface area contributed by atoms with Gasteiger partial charge < -0.3 is 9.15 Å². The maximum atomic E-state index is 5.46. The maximum absolute atomic E-state index is 5.46. The minimum Gasteiger partial charge on any atom is -0.496 e. The Bertz CT molecular complexity index is 461. The molecule has 0 aliphatic rings. The van der Waals surface area contributed by atoms with Crippen LogP contribution in [0.3, 0.4) is 0 Å². The average molecular weight is 217 g/mol. The van der Waals surface area contributed by atoms with Crippen molar-refractivity contribution in [2.24, 2.45) is 0 Å². The second kappa shape index (κ2) is 4.39. The van der Waals surface area contributed by atoms with Crippen LogP contribution in [0.25, 0.3) is 11.5 Å². The largest absolute Gasteiger partial charge is 0.496 e. The van der Waals surface area contributed by atoms with Crippen LogP contribution in [0.4, 0.5) is 0 Å². The van der Waals surface area contributed by atoms with Gasteiger partial charge in [0.15, 0.2) is 0 Å². The van der Waals surface area contributed by atoms with Crippen LogP contribution >= 0.6 is 0 Å². The van der Waals surface area contributed by atoms with Crippen LogP contribution in [-0.2, 0) is 0 Å². The predicted molar refractivity (Wildman–Crippen MR) is 62.6 cm³/mol. The molecule has 0 spiro atoms. The van der Waals surface area contributed by atoms with Gasteiger partial charge in [-0.3, -0.25) is 0 Å². The Morgan fingerprint density at radius 3 is 2.69 bits per heavy atom. The molecule has 0 fully saturated rings. The summed E-state index contributed by atoms with van der Waals surface area (Å²) >= 11 is 0. The fraction of sp³-hybridized carbons (Fsp3) is 0.308. The van der Waals surface area contributed by atoms with E-state index in [-0.39, 0.29) is 0 Å². The van der Waals surface area contributed by atoms with Gasteiger partial charge in [0.05, 0.1) is 18.9 Å². The number of para-hydroxylation sites is 1. The highest BCUT2D eigenvalue weighted by molar-refractivity contribution is 5.65. The number of aromatic nitrogens is 1. The monoisotopic (exact) mass is 217 g/mol. The molecule has 0 atom stereocenters. The normalized spacial score (nSPS) is 10.8. The third-order valence-electron chi connectivity index (χ3n) is 2.53. The molecule has 0 bridgehead atoms. The van der Waals surface area contributed by atoms with E-state index in [2.05, 4.69) is 24.9 Å². The van der Waals surface area contributed by atoms with Crippen molar-refractivity contribution < 1.29 is 9.15 Å². The lowest BCUT2D eigenvalue weighted by atomic mass is 9.99. The average Bonchev–Trinajstić information content (AvgIpc) is 2.81. The van der Waals surface area contributed by atoms with Crippen molar-refractivity contribution in [2.75, 3.05) is 7.11 Å². The van der Waals surface area contributed by atoms with E-state index in [1.807, 2.05) is 12.1 Å². The fourth-order valence-electron chi connectivity index (χ4n) is 1.76. The van der Waals surface area contributed by atoms with E-state index in [9.17, 15) is 0 Å². The Balaban J connectivity index is 2.58. The van der Waals surface area contributed by atoms with Gasteiger partial charge in [-0.05, 0) is 17.5 Å².